The van der Waals surface area contributed by atoms with E-state index in [1.807, 2.05) is 35.2 Å². The summed E-state index contributed by atoms with van der Waals surface area (Å²) >= 11 is 0. The molecule has 28 heavy (non-hydrogen) atoms. The van der Waals surface area contributed by atoms with E-state index in [-0.39, 0.29) is 11.9 Å². The molecule has 1 amide bonds. The van der Waals surface area contributed by atoms with Crippen LogP contribution >= 0.6 is 0 Å². The first-order valence-electron chi connectivity index (χ1n) is 9.11. The summed E-state index contributed by atoms with van der Waals surface area (Å²) in [5.74, 6) is 1.70. The van der Waals surface area contributed by atoms with Crippen molar-refractivity contribution in [3.05, 3.63) is 60.0 Å². The van der Waals surface area contributed by atoms with Crippen molar-refractivity contribution < 1.29 is 18.8 Å². The Morgan fingerprint density at radius 2 is 2.04 bits per heavy atom. The number of hydrogen-bond donors (Lipinski definition) is 0. The lowest BCUT2D eigenvalue weighted by Gasteiger charge is -2.24. The van der Waals surface area contributed by atoms with Crippen LogP contribution in [-0.2, 0) is 0 Å². The van der Waals surface area contributed by atoms with Crippen LogP contribution in [0.4, 0.5) is 0 Å². The molecule has 0 radical (unpaired) electrons. The Morgan fingerprint density at radius 1 is 1.18 bits per heavy atom. The van der Waals surface area contributed by atoms with Crippen LogP contribution in [0.5, 0.6) is 11.5 Å². The highest BCUT2D eigenvalue weighted by Crippen LogP contribution is 2.37. The molecule has 1 atom stereocenters. The van der Waals surface area contributed by atoms with Gasteiger partial charge in [-0.15, -0.1) is 0 Å². The second-order valence-corrected chi connectivity index (χ2v) is 6.59. The standard InChI is InChI=1S/C21H21N3O4/c1-26-18-8-7-14(11-20(18)27-2)17-6-4-10-24(17)21(25)16-12-19(28-23-16)15-5-3-9-22-13-15/h3,5,7-9,11-13,17H,4,6,10H2,1-2H3. The van der Waals surface area contributed by atoms with Gasteiger partial charge in [-0.2, -0.15) is 0 Å². The zero-order chi connectivity index (χ0) is 19.5. The molecule has 0 spiro atoms. The summed E-state index contributed by atoms with van der Waals surface area (Å²) in [7, 11) is 3.21. The van der Waals surface area contributed by atoms with E-state index in [1.54, 1.807) is 32.7 Å². The van der Waals surface area contributed by atoms with Gasteiger partial charge >= 0.3 is 0 Å². The number of ether oxygens (including phenoxy) is 2. The molecule has 0 aliphatic carbocycles. The molecule has 3 heterocycles. The molecule has 1 unspecified atom stereocenters. The van der Waals surface area contributed by atoms with Gasteiger partial charge in [-0.05, 0) is 42.7 Å². The van der Waals surface area contributed by atoms with Crippen molar-refractivity contribution in [3.63, 3.8) is 0 Å². The highest BCUT2D eigenvalue weighted by molar-refractivity contribution is 5.93. The second kappa shape index (κ2) is 7.72. The first kappa shape index (κ1) is 18.0. The van der Waals surface area contributed by atoms with Crippen molar-refractivity contribution in [3.8, 4) is 22.8 Å². The van der Waals surface area contributed by atoms with Crippen LogP contribution in [0.3, 0.4) is 0 Å². The molecule has 3 aromatic rings. The zero-order valence-corrected chi connectivity index (χ0v) is 15.8. The normalized spacial score (nSPS) is 16.2. The van der Waals surface area contributed by atoms with Crippen molar-refractivity contribution in [1.29, 1.82) is 0 Å². The van der Waals surface area contributed by atoms with Crippen LogP contribution in [0.25, 0.3) is 11.3 Å². The number of amides is 1. The summed E-state index contributed by atoms with van der Waals surface area (Å²) in [5.41, 5.74) is 2.10. The van der Waals surface area contributed by atoms with Crippen LogP contribution in [0, 0.1) is 0 Å². The fourth-order valence-electron chi connectivity index (χ4n) is 3.58. The van der Waals surface area contributed by atoms with Crippen molar-refractivity contribution in [1.82, 2.24) is 15.0 Å². The van der Waals surface area contributed by atoms with E-state index in [4.69, 9.17) is 14.0 Å². The van der Waals surface area contributed by atoms with E-state index in [9.17, 15) is 4.79 Å². The molecular weight excluding hydrogens is 358 g/mol. The average Bonchev–Trinajstić information content (AvgIpc) is 3.43. The smallest absolute Gasteiger partial charge is 0.276 e. The Morgan fingerprint density at radius 3 is 2.79 bits per heavy atom. The largest absolute Gasteiger partial charge is 0.493 e. The first-order valence-corrected chi connectivity index (χ1v) is 9.11. The van der Waals surface area contributed by atoms with Gasteiger partial charge < -0.3 is 18.9 Å². The SMILES string of the molecule is COc1ccc(C2CCCN2C(=O)c2cc(-c3cccnc3)on2)cc1OC. The molecule has 1 aromatic carbocycles. The van der Waals surface area contributed by atoms with E-state index in [0.29, 0.717) is 29.5 Å². The minimum absolute atomic E-state index is 0.0363. The molecule has 7 nitrogen and oxygen atoms in total. The average molecular weight is 379 g/mol. The molecule has 0 N–H and O–H groups in total. The van der Waals surface area contributed by atoms with E-state index in [0.717, 1.165) is 24.0 Å². The molecule has 1 fully saturated rings. The molecule has 1 aliphatic rings. The number of pyridine rings is 1. The van der Waals surface area contributed by atoms with Crippen LogP contribution in [-0.4, -0.2) is 41.7 Å². The van der Waals surface area contributed by atoms with Crippen molar-refractivity contribution in [2.45, 2.75) is 18.9 Å². The third-order valence-corrected chi connectivity index (χ3v) is 4.98. The van der Waals surface area contributed by atoms with E-state index in [1.165, 1.54) is 0 Å². The number of likely N-dealkylation sites (tertiary alicyclic amines) is 1. The highest BCUT2D eigenvalue weighted by atomic mass is 16.5. The molecule has 0 saturated carbocycles. The predicted molar refractivity (Wildman–Crippen MR) is 102 cm³/mol. The maximum Gasteiger partial charge on any atom is 0.276 e. The van der Waals surface area contributed by atoms with E-state index >= 15 is 0 Å². The predicted octanol–water partition coefficient (Wildman–Crippen LogP) is 3.73. The van der Waals surface area contributed by atoms with Gasteiger partial charge in [0.1, 0.15) is 0 Å². The number of hydrogen-bond acceptors (Lipinski definition) is 6. The zero-order valence-electron chi connectivity index (χ0n) is 15.8. The fourth-order valence-corrected chi connectivity index (χ4v) is 3.58. The van der Waals surface area contributed by atoms with Crippen molar-refractivity contribution >= 4 is 5.91 Å². The van der Waals surface area contributed by atoms with E-state index < -0.39 is 0 Å². The summed E-state index contributed by atoms with van der Waals surface area (Å²) in [6.07, 6.45) is 5.17. The maximum atomic E-state index is 13.1. The number of rotatable bonds is 5. The number of benzene rings is 1. The third kappa shape index (κ3) is 3.31. The molecule has 4 rings (SSSR count). The van der Waals surface area contributed by atoms with Crippen LogP contribution in [0.2, 0.25) is 0 Å². The monoisotopic (exact) mass is 379 g/mol. The summed E-state index contributed by atoms with van der Waals surface area (Å²) in [6.45, 7) is 0.674. The van der Waals surface area contributed by atoms with Gasteiger partial charge in [-0.25, -0.2) is 0 Å². The molecule has 7 heteroatoms. The lowest BCUT2D eigenvalue weighted by Crippen LogP contribution is -2.30. The van der Waals surface area contributed by atoms with Crippen molar-refractivity contribution in [2.75, 3.05) is 20.8 Å². The van der Waals surface area contributed by atoms with Gasteiger partial charge in [-0.3, -0.25) is 9.78 Å². The van der Waals surface area contributed by atoms with Crippen molar-refractivity contribution in [2.24, 2.45) is 0 Å². The number of aromatic nitrogens is 2. The maximum absolute atomic E-state index is 13.1. The second-order valence-electron chi connectivity index (χ2n) is 6.59. The topological polar surface area (TPSA) is 77.7 Å². The number of methoxy groups -OCH3 is 2. The number of carbonyl (C=O) groups is 1. The first-order chi connectivity index (χ1) is 13.7. The molecule has 2 aromatic heterocycles. The Kier molecular flexibility index (Phi) is 4.97. The Balaban J connectivity index is 1.58. The summed E-state index contributed by atoms with van der Waals surface area (Å²) in [6, 6.07) is 11.1. The van der Waals surface area contributed by atoms with Gasteiger partial charge in [0.2, 0.25) is 0 Å². The Labute approximate surface area is 162 Å². The molecule has 1 aliphatic heterocycles. The number of carbonyl (C=O) groups excluding carboxylic acids is 1. The summed E-state index contributed by atoms with van der Waals surface area (Å²) in [4.78, 5) is 19.0. The molecular formula is C21H21N3O4. The van der Waals surface area contributed by atoms with Gasteiger partial charge in [0.15, 0.2) is 23.0 Å². The van der Waals surface area contributed by atoms with Crippen LogP contribution in [0.1, 0.15) is 34.9 Å². The van der Waals surface area contributed by atoms with Crippen LogP contribution in [0.15, 0.2) is 53.3 Å². The quantitative estimate of drug-likeness (QED) is 0.672. The van der Waals surface area contributed by atoms with Gasteiger partial charge in [-0.1, -0.05) is 11.2 Å². The third-order valence-electron chi connectivity index (χ3n) is 4.98. The lowest BCUT2D eigenvalue weighted by atomic mass is 10.0. The molecule has 144 valence electrons. The van der Waals surface area contributed by atoms with Gasteiger partial charge in [0.25, 0.3) is 5.91 Å². The van der Waals surface area contributed by atoms with Gasteiger partial charge in [0.05, 0.1) is 20.3 Å². The Bertz CT molecular complexity index is 971. The summed E-state index contributed by atoms with van der Waals surface area (Å²) < 4.78 is 16.1. The minimum atomic E-state index is -0.142. The molecule has 0 bridgehead atoms. The summed E-state index contributed by atoms with van der Waals surface area (Å²) in [5, 5.41) is 3.99. The van der Waals surface area contributed by atoms with E-state index in [2.05, 4.69) is 10.1 Å². The fraction of sp³-hybridized carbons (Fsp3) is 0.286. The highest BCUT2D eigenvalue weighted by Gasteiger charge is 2.32. The van der Waals surface area contributed by atoms with Gasteiger partial charge in [0, 0.05) is 30.6 Å². The minimum Gasteiger partial charge on any atom is -0.493 e. The lowest BCUT2D eigenvalue weighted by molar-refractivity contribution is 0.0725. The Hall–Kier alpha value is -3.35. The van der Waals surface area contributed by atoms with Crippen LogP contribution < -0.4 is 9.47 Å². The molecule has 1 saturated heterocycles. The number of nitrogens with zero attached hydrogens (tertiary/aromatic N) is 3.